The monoisotopic (exact) mass is 497 g/mol. The van der Waals surface area contributed by atoms with Crippen molar-refractivity contribution in [3.8, 4) is 39.9 Å². The highest BCUT2D eigenvalue weighted by Gasteiger charge is 2.24. The van der Waals surface area contributed by atoms with Gasteiger partial charge >= 0.3 is 6.09 Å². The number of amides is 1. The maximum atomic E-state index is 13.1. The second-order valence-electron chi connectivity index (χ2n) is 8.25. The Morgan fingerprint density at radius 2 is 1.61 bits per heavy atom. The number of rotatable bonds is 11. The second kappa shape index (κ2) is 12.4. The van der Waals surface area contributed by atoms with E-state index in [1.54, 1.807) is 32.3 Å². The second-order valence-corrected chi connectivity index (χ2v) is 8.25. The lowest BCUT2D eigenvalue weighted by Gasteiger charge is -2.23. The first kappa shape index (κ1) is 26.9. The zero-order valence-corrected chi connectivity index (χ0v) is 22.0. The highest BCUT2D eigenvalue weighted by molar-refractivity contribution is 6.04. The van der Waals surface area contributed by atoms with E-state index in [2.05, 4.69) is 0 Å². The third-order valence-electron chi connectivity index (χ3n) is 5.64. The molecule has 0 radical (unpaired) electrons. The standard InChI is InChI=1S/C28H35NO7/c1-8-29(9-2)28(30)36-27-21-11-10-12-23(35-18(3)4)26(21)25(33-7)16-22(27)20-14-13-19(34-17-31-5)15-24(20)32-6/h10-16,18H,8-9,17H2,1-7H3. The van der Waals surface area contributed by atoms with Crippen LogP contribution in [0.25, 0.3) is 21.9 Å². The lowest BCUT2D eigenvalue weighted by Crippen LogP contribution is -2.33. The SMILES string of the molecule is CCN(CC)C(=O)Oc1c(-c2ccc(OCOC)cc2OC)cc(OC)c2c(OC(C)C)cccc12. The van der Waals surface area contributed by atoms with E-state index in [-0.39, 0.29) is 12.9 Å². The maximum absolute atomic E-state index is 13.1. The van der Waals surface area contributed by atoms with Crippen LogP contribution in [0.1, 0.15) is 27.7 Å². The van der Waals surface area contributed by atoms with Crippen molar-refractivity contribution in [1.29, 1.82) is 0 Å². The molecule has 0 heterocycles. The predicted molar refractivity (Wildman–Crippen MR) is 140 cm³/mol. The molecule has 3 aromatic carbocycles. The number of ether oxygens (including phenoxy) is 6. The van der Waals surface area contributed by atoms with Crippen LogP contribution in [0.15, 0.2) is 42.5 Å². The Bertz CT molecular complexity index is 1190. The zero-order valence-electron chi connectivity index (χ0n) is 22.0. The zero-order chi connectivity index (χ0) is 26.2. The number of benzene rings is 3. The Morgan fingerprint density at radius 3 is 2.22 bits per heavy atom. The van der Waals surface area contributed by atoms with Gasteiger partial charge in [-0.3, -0.25) is 0 Å². The molecule has 194 valence electrons. The summed E-state index contributed by atoms with van der Waals surface area (Å²) in [6, 6.07) is 12.9. The molecule has 8 heteroatoms. The molecule has 0 unspecified atom stereocenters. The summed E-state index contributed by atoms with van der Waals surface area (Å²) in [5.74, 6) is 2.74. The number of carbonyl (C=O) groups excluding carboxylic acids is 1. The third-order valence-corrected chi connectivity index (χ3v) is 5.64. The maximum Gasteiger partial charge on any atom is 0.415 e. The Balaban J connectivity index is 2.31. The Hall–Kier alpha value is -3.65. The van der Waals surface area contributed by atoms with E-state index < -0.39 is 6.09 Å². The van der Waals surface area contributed by atoms with Crippen molar-refractivity contribution in [3.63, 3.8) is 0 Å². The fourth-order valence-electron chi connectivity index (χ4n) is 3.96. The van der Waals surface area contributed by atoms with Crippen molar-refractivity contribution in [3.05, 3.63) is 42.5 Å². The van der Waals surface area contributed by atoms with Crippen LogP contribution in [0.4, 0.5) is 4.79 Å². The van der Waals surface area contributed by atoms with Gasteiger partial charge in [0.25, 0.3) is 0 Å². The number of hydrogen-bond acceptors (Lipinski definition) is 7. The Labute approximate surface area is 212 Å². The Kier molecular flexibility index (Phi) is 9.25. The first-order chi connectivity index (χ1) is 17.4. The van der Waals surface area contributed by atoms with E-state index >= 15 is 0 Å². The van der Waals surface area contributed by atoms with Gasteiger partial charge in [0.1, 0.15) is 28.7 Å². The molecule has 0 aliphatic rings. The third kappa shape index (κ3) is 5.76. The molecule has 3 rings (SSSR count). The van der Waals surface area contributed by atoms with Gasteiger partial charge in [0.2, 0.25) is 0 Å². The molecule has 1 amide bonds. The quantitative estimate of drug-likeness (QED) is 0.295. The molecular weight excluding hydrogens is 462 g/mol. The van der Waals surface area contributed by atoms with Gasteiger partial charge in [0.05, 0.1) is 25.7 Å². The number of nitrogens with zero attached hydrogens (tertiary/aromatic N) is 1. The van der Waals surface area contributed by atoms with Crippen molar-refractivity contribution in [2.45, 2.75) is 33.8 Å². The van der Waals surface area contributed by atoms with Crippen LogP contribution in [0, 0.1) is 0 Å². The van der Waals surface area contributed by atoms with Crippen molar-refractivity contribution < 1.29 is 33.2 Å². The van der Waals surface area contributed by atoms with E-state index in [1.165, 1.54) is 0 Å². The van der Waals surface area contributed by atoms with Gasteiger partial charge < -0.3 is 33.3 Å². The van der Waals surface area contributed by atoms with Crippen LogP contribution in [0.3, 0.4) is 0 Å². The largest absolute Gasteiger partial charge is 0.496 e. The molecule has 0 aliphatic heterocycles. The predicted octanol–water partition coefficient (Wildman–Crippen LogP) is 6.13. The van der Waals surface area contributed by atoms with Crippen LogP contribution in [0.5, 0.6) is 28.7 Å². The first-order valence-electron chi connectivity index (χ1n) is 12.0. The van der Waals surface area contributed by atoms with Gasteiger partial charge in [0.15, 0.2) is 6.79 Å². The van der Waals surface area contributed by atoms with Crippen molar-refractivity contribution >= 4 is 16.9 Å². The molecule has 0 spiro atoms. The lowest BCUT2D eigenvalue weighted by molar-refractivity contribution is 0.0510. The van der Waals surface area contributed by atoms with Gasteiger partial charge in [-0.1, -0.05) is 12.1 Å². The normalized spacial score (nSPS) is 10.9. The summed E-state index contributed by atoms with van der Waals surface area (Å²) in [4.78, 5) is 14.7. The van der Waals surface area contributed by atoms with Crippen LogP contribution in [-0.2, 0) is 4.74 Å². The van der Waals surface area contributed by atoms with Crippen molar-refractivity contribution in [2.75, 3.05) is 41.2 Å². The summed E-state index contributed by atoms with van der Waals surface area (Å²) in [5, 5.41) is 1.41. The minimum Gasteiger partial charge on any atom is -0.496 e. The summed E-state index contributed by atoms with van der Waals surface area (Å²) < 4.78 is 34.2. The van der Waals surface area contributed by atoms with Crippen molar-refractivity contribution in [1.82, 2.24) is 4.90 Å². The topological polar surface area (TPSA) is 75.7 Å². The van der Waals surface area contributed by atoms with Gasteiger partial charge in [-0.2, -0.15) is 0 Å². The van der Waals surface area contributed by atoms with Crippen LogP contribution >= 0.6 is 0 Å². The Morgan fingerprint density at radius 1 is 0.889 bits per heavy atom. The summed E-state index contributed by atoms with van der Waals surface area (Å²) in [7, 11) is 4.74. The molecule has 0 aliphatic carbocycles. The van der Waals surface area contributed by atoms with Crippen LogP contribution in [-0.4, -0.2) is 58.3 Å². The smallest absolute Gasteiger partial charge is 0.415 e. The summed E-state index contributed by atoms with van der Waals surface area (Å²) in [5.41, 5.74) is 1.34. The molecule has 8 nitrogen and oxygen atoms in total. The number of fused-ring (bicyclic) bond motifs is 1. The van der Waals surface area contributed by atoms with E-state index in [9.17, 15) is 4.79 Å². The average molecular weight is 498 g/mol. The lowest BCUT2D eigenvalue weighted by atomic mass is 9.97. The van der Waals surface area contributed by atoms with Gasteiger partial charge in [0, 0.05) is 42.8 Å². The fourth-order valence-corrected chi connectivity index (χ4v) is 3.96. The molecule has 0 fully saturated rings. The van der Waals surface area contributed by atoms with Gasteiger partial charge in [-0.15, -0.1) is 0 Å². The molecular formula is C28H35NO7. The van der Waals surface area contributed by atoms with E-state index in [4.69, 9.17) is 28.4 Å². The number of hydrogen-bond donors (Lipinski definition) is 0. The minimum absolute atomic E-state index is 0.0543. The first-order valence-corrected chi connectivity index (χ1v) is 12.0. The van der Waals surface area contributed by atoms with Gasteiger partial charge in [-0.05, 0) is 52.0 Å². The molecule has 36 heavy (non-hydrogen) atoms. The highest BCUT2D eigenvalue weighted by atomic mass is 16.7. The molecule has 0 aromatic heterocycles. The average Bonchev–Trinajstić information content (AvgIpc) is 2.88. The van der Waals surface area contributed by atoms with Crippen LogP contribution < -0.4 is 23.7 Å². The molecule has 0 bridgehead atoms. The number of carbonyl (C=O) groups is 1. The minimum atomic E-state index is -0.443. The van der Waals surface area contributed by atoms with E-state index in [0.29, 0.717) is 58.4 Å². The number of methoxy groups -OCH3 is 3. The summed E-state index contributed by atoms with van der Waals surface area (Å²) >= 11 is 0. The summed E-state index contributed by atoms with van der Waals surface area (Å²) in [6.45, 7) is 8.89. The molecule has 0 saturated heterocycles. The van der Waals surface area contributed by atoms with Gasteiger partial charge in [-0.25, -0.2) is 4.79 Å². The molecule has 3 aromatic rings. The molecule has 0 N–H and O–H groups in total. The molecule has 0 atom stereocenters. The van der Waals surface area contributed by atoms with E-state index in [1.807, 2.05) is 64.1 Å². The van der Waals surface area contributed by atoms with E-state index in [0.717, 1.165) is 5.39 Å². The summed E-state index contributed by atoms with van der Waals surface area (Å²) in [6.07, 6.45) is -0.497. The van der Waals surface area contributed by atoms with Crippen LogP contribution in [0.2, 0.25) is 0 Å². The molecule has 0 saturated carbocycles. The fraction of sp³-hybridized carbons (Fsp3) is 0.393. The highest BCUT2D eigenvalue weighted by Crippen LogP contribution is 2.48. The van der Waals surface area contributed by atoms with Crippen molar-refractivity contribution in [2.24, 2.45) is 0 Å².